The summed E-state index contributed by atoms with van der Waals surface area (Å²) >= 11 is 5.71. The van der Waals surface area contributed by atoms with Gasteiger partial charge in [-0.1, -0.05) is 36.9 Å². The van der Waals surface area contributed by atoms with Gasteiger partial charge in [-0.05, 0) is 37.6 Å². The number of rotatable bonds is 2. The molecule has 0 radical (unpaired) electrons. The van der Waals surface area contributed by atoms with Gasteiger partial charge in [0.2, 0.25) is 0 Å². The lowest BCUT2D eigenvalue weighted by Gasteiger charge is -2.37. The van der Waals surface area contributed by atoms with E-state index in [2.05, 4.69) is 5.32 Å². The molecular formula is C13H17ClFN. The molecule has 0 spiro atoms. The standard InChI is InChI=1S/C13H17ClFN/c1-16-13(7-3-2-4-8-13)10-5-6-11(14)12(15)9-10/h5-6,9,16H,2-4,7-8H2,1H3. The molecule has 1 fully saturated rings. The molecule has 0 atom stereocenters. The maximum absolute atomic E-state index is 13.5. The Morgan fingerprint density at radius 1 is 1.25 bits per heavy atom. The van der Waals surface area contributed by atoms with Gasteiger partial charge in [0.25, 0.3) is 0 Å². The van der Waals surface area contributed by atoms with Gasteiger partial charge in [-0.3, -0.25) is 0 Å². The minimum absolute atomic E-state index is 0.0519. The fraction of sp³-hybridized carbons (Fsp3) is 0.538. The predicted molar refractivity (Wildman–Crippen MR) is 65.2 cm³/mol. The molecule has 1 aromatic rings. The van der Waals surface area contributed by atoms with Crippen LogP contribution in [0.4, 0.5) is 4.39 Å². The Bertz CT molecular complexity index is 372. The zero-order chi connectivity index (χ0) is 11.6. The third kappa shape index (κ3) is 2.09. The molecule has 0 unspecified atom stereocenters. The zero-order valence-electron chi connectivity index (χ0n) is 9.52. The van der Waals surface area contributed by atoms with Crippen molar-refractivity contribution in [1.29, 1.82) is 0 Å². The molecule has 3 heteroatoms. The van der Waals surface area contributed by atoms with E-state index in [0.29, 0.717) is 0 Å². The van der Waals surface area contributed by atoms with Gasteiger partial charge in [0.05, 0.1) is 5.02 Å². The fourth-order valence-electron chi connectivity index (χ4n) is 2.63. The van der Waals surface area contributed by atoms with Crippen LogP contribution in [0.5, 0.6) is 0 Å². The lowest BCUT2D eigenvalue weighted by Crippen LogP contribution is -2.41. The Balaban J connectivity index is 2.35. The molecular weight excluding hydrogens is 225 g/mol. The third-order valence-corrected chi connectivity index (χ3v) is 3.96. The largest absolute Gasteiger partial charge is 0.310 e. The number of benzene rings is 1. The summed E-state index contributed by atoms with van der Waals surface area (Å²) in [4.78, 5) is 0. The topological polar surface area (TPSA) is 12.0 Å². The van der Waals surface area contributed by atoms with Crippen LogP contribution in [0.15, 0.2) is 18.2 Å². The molecule has 0 saturated heterocycles. The van der Waals surface area contributed by atoms with Crippen molar-refractivity contribution < 1.29 is 4.39 Å². The van der Waals surface area contributed by atoms with Crippen molar-refractivity contribution in [3.63, 3.8) is 0 Å². The van der Waals surface area contributed by atoms with E-state index in [4.69, 9.17) is 11.6 Å². The molecule has 1 saturated carbocycles. The molecule has 1 N–H and O–H groups in total. The van der Waals surface area contributed by atoms with Crippen LogP contribution in [-0.2, 0) is 5.54 Å². The maximum Gasteiger partial charge on any atom is 0.142 e. The van der Waals surface area contributed by atoms with Crippen molar-refractivity contribution in [3.05, 3.63) is 34.6 Å². The van der Waals surface area contributed by atoms with Crippen molar-refractivity contribution >= 4 is 11.6 Å². The van der Waals surface area contributed by atoms with E-state index >= 15 is 0 Å². The third-order valence-electron chi connectivity index (χ3n) is 3.66. The highest BCUT2D eigenvalue weighted by atomic mass is 35.5. The summed E-state index contributed by atoms with van der Waals surface area (Å²) in [7, 11) is 1.96. The molecule has 16 heavy (non-hydrogen) atoms. The van der Waals surface area contributed by atoms with Crippen molar-refractivity contribution in [2.24, 2.45) is 0 Å². The van der Waals surface area contributed by atoms with E-state index in [1.165, 1.54) is 19.3 Å². The molecule has 2 rings (SSSR count). The molecule has 0 amide bonds. The Labute approximate surface area is 101 Å². The summed E-state index contributed by atoms with van der Waals surface area (Å²) in [6, 6.07) is 5.16. The van der Waals surface area contributed by atoms with E-state index in [1.807, 2.05) is 13.1 Å². The molecule has 0 heterocycles. The van der Waals surface area contributed by atoms with Gasteiger partial charge in [-0.15, -0.1) is 0 Å². The average Bonchev–Trinajstić information content (AvgIpc) is 2.33. The van der Waals surface area contributed by atoms with Crippen LogP contribution in [0.3, 0.4) is 0 Å². The molecule has 1 aliphatic rings. The molecule has 88 valence electrons. The number of hydrogen-bond acceptors (Lipinski definition) is 1. The van der Waals surface area contributed by atoms with E-state index in [0.717, 1.165) is 18.4 Å². The summed E-state index contributed by atoms with van der Waals surface area (Å²) in [5.41, 5.74) is 0.973. The predicted octanol–water partition coefficient (Wildman–Crippen LogP) is 3.86. The molecule has 1 aromatic carbocycles. The van der Waals surface area contributed by atoms with Gasteiger partial charge in [0.1, 0.15) is 5.82 Å². The Morgan fingerprint density at radius 2 is 1.94 bits per heavy atom. The summed E-state index contributed by atoms with van der Waals surface area (Å²) in [5, 5.41) is 3.57. The second kappa shape index (κ2) is 4.72. The van der Waals surface area contributed by atoms with E-state index in [9.17, 15) is 4.39 Å². The second-order valence-corrected chi connectivity index (χ2v) is 4.93. The Hall–Kier alpha value is -0.600. The monoisotopic (exact) mass is 241 g/mol. The van der Waals surface area contributed by atoms with Crippen molar-refractivity contribution in [3.8, 4) is 0 Å². The van der Waals surface area contributed by atoms with Gasteiger partial charge in [-0.25, -0.2) is 4.39 Å². The first kappa shape index (κ1) is 11.9. The van der Waals surface area contributed by atoms with Crippen molar-refractivity contribution in [2.75, 3.05) is 7.05 Å². The number of halogens is 2. The van der Waals surface area contributed by atoms with Gasteiger partial charge in [-0.2, -0.15) is 0 Å². The van der Waals surface area contributed by atoms with Crippen molar-refractivity contribution in [1.82, 2.24) is 5.32 Å². The highest BCUT2D eigenvalue weighted by Gasteiger charge is 2.32. The SMILES string of the molecule is CNC1(c2ccc(Cl)c(F)c2)CCCCC1. The number of hydrogen-bond donors (Lipinski definition) is 1. The minimum Gasteiger partial charge on any atom is -0.310 e. The summed E-state index contributed by atoms with van der Waals surface area (Å²) in [5.74, 6) is -0.320. The lowest BCUT2D eigenvalue weighted by atomic mass is 9.77. The van der Waals surface area contributed by atoms with Crippen molar-refractivity contribution in [2.45, 2.75) is 37.6 Å². The Kier molecular flexibility index (Phi) is 3.50. The van der Waals surface area contributed by atoms with Crippen LogP contribution in [-0.4, -0.2) is 7.05 Å². The van der Waals surface area contributed by atoms with Gasteiger partial charge in [0.15, 0.2) is 0 Å². The highest BCUT2D eigenvalue weighted by molar-refractivity contribution is 6.30. The molecule has 1 nitrogen and oxygen atoms in total. The second-order valence-electron chi connectivity index (χ2n) is 4.52. The quantitative estimate of drug-likeness (QED) is 0.829. The fourth-order valence-corrected chi connectivity index (χ4v) is 2.75. The molecule has 0 bridgehead atoms. The van der Waals surface area contributed by atoms with Crippen LogP contribution in [0.1, 0.15) is 37.7 Å². The van der Waals surface area contributed by atoms with E-state index in [1.54, 1.807) is 12.1 Å². The van der Waals surface area contributed by atoms with E-state index in [-0.39, 0.29) is 16.4 Å². The average molecular weight is 242 g/mol. The molecule has 0 aromatic heterocycles. The van der Waals surface area contributed by atoms with Gasteiger partial charge in [0, 0.05) is 5.54 Å². The number of nitrogens with one attached hydrogen (secondary N) is 1. The maximum atomic E-state index is 13.5. The minimum atomic E-state index is -0.320. The van der Waals surface area contributed by atoms with Crippen LogP contribution >= 0.6 is 11.6 Å². The normalized spacial score (nSPS) is 19.7. The first-order valence-electron chi connectivity index (χ1n) is 5.82. The smallest absolute Gasteiger partial charge is 0.142 e. The van der Waals surface area contributed by atoms with Crippen LogP contribution in [0.25, 0.3) is 0 Å². The lowest BCUT2D eigenvalue weighted by molar-refractivity contribution is 0.249. The molecule has 0 aliphatic heterocycles. The summed E-state index contributed by atoms with van der Waals surface area (Å²) in [6.45, 7) is 0. The first-order valence-corrected chi connectivity index (χ1v) is 6.20. The highest BCUT2D eigenvalue weighted by Crippen LogP contribution is 2.37. The Morgan fingerprint density at radius 3 is 2.50 bits per heavy atom. The first-order chi connectivity index (χ1) is 7.68. The van der Waals surface area contributed by atoms with Crippen LogP contribution < -0.4 is 5.32 Å². The molecule has 1 aliphatic carbocycles. The van der Waals surface area contributed by atoms with Gasteiger partial charge >= 0.3 is 0 Å². The van der Waals surface area contributed by atoms with Crippen LogP contribution in [0.2, 0.25) is 5.02 Å². The van der Waals surface area contributed by atoms with Crippen LogP contribution in [0, 0.1) is 5.82 Å². The zero-order valence-corrected chi connectivity index (χ0v) is 10.3. The van der Waals surface area contributed by atoms with Gasteiger partial charge < -0.3 is 5.32 Å². The van der Waals surface area contributed by atoms with E-state index < -0.39 is 0 Å². The summed E-state index contributed by atoms with van der Waals surface area (Å²) in [6.07, 6.45) is 5.82. The summed E-state index contributed by atoms with van der Waals surface area (Å²) < 4.78 is 13.5.